The first-order chi connectivity index (χ1) is 8.43. The fraction of sp³-hybridized carbons (Fsp3) is 0.462. The number of amides is 1. The lowest BCUT2D eigenvalue weighted by atomic mass is 10.0. The van der Waals surface area contributed by atoms with Crippen molar-refractivity contribution in [2.24, 2.45) is 5.92 Å². The van der Waals surface area contributed by atoms with E-state index in [2.05, 4.69) is 4.98 Å². The number of carboxylic acids is 1. The van der Waals surface area contributed by atoms with Crippen LogP contribution in [-0.4, -0.2) is 32.9 Å². The number of aromatic nitrogens is 1. The van der Waals surface area contributed by atoms with Gasteiger partial charge >= 0.3 is 5.97 Å². The molecule has 0 saturated heterocycles. The molecule has 0 aliphatic carbocycles. The van der Waals surface area contributed by atoms with Gasteiger partial charge in [-0.15, -0.1) is 0 Å². The van der Waals surface area contributed by atoms with E-state index >= 15 is 0 Å². The van der Waals surface area contributed by atoms with E-state index < -0.39 is 12.0 Å². The SMILES string of the molecule is CC(=O)N(Cc1cccnc1)C(C(=O)O)C(C)C. The van der Waals surface area contributed by atoms with Crippen molar-refractivity contribution in [1.29, 1.82) is 0 Å². The van der Waals surface area contributed by atoms with Crippen LogP contribution in [0.15, 0.2) is 24.5 Å². The Morgan fingerprint density at radius 1 is 1.44 bits per heavy atom. The first kappa shape index (κ1) is 14.2. The largest absolute Gasteiger partial charge is 0.480 e. The lowest BCUT2D eigenvalue weighted by molar-refractivity contribution is -0.152. The average Bonchev–Trinajstić information content (AvgIpc) is 2.28. The molecule has 0 spiro atoms. The standard InChI is InChI=1S/C13H18N2O3/c1-9(2)12(13(17)18)15(10(3)16)8-11-5-4-6-14-7-11/h4-7,9,12H,8H2,1-3H3,(H,17,18). The van der Waals surface area contributed by atoms with Gasteiger partial charge in [-0.3, -0.25) is 9.78 Å². The molecule has 0 bridgehead atoms. The minimum Gasteiger partial charge on any atom is -0.480 e. The summed E-state index contributed by atoms with van der Waals surface area (Å²) in [5, 5.41) is 9.23. The van der Waals surface area contributed by atoms with Crippen LogP contribution in [0.1, 0.15) is 26.3 Å². The molecule has 0 fully saturated rings. The molecular formula is C13H18N2O3. The van der Waals surface area contributed by atoms with Gasteiger partial charge in [0.15, 0.2) is 0 Å². The maximum Gasteiger partial charge on any atom is 0.326 e. The van der Waals surface area contributed by atoms with Gasteiger partial charge in [-0.2, -0.15) is 0 Å². The molecule has 1 aromatic heterocycles. The number of carbonyl (C=O) groups is 2. The van der Waals surface area contributed by atoms with Crippen LogP contribution in [0.4, 0.5) is 0 Å². The highest BCUT2D eigenvalue weighted by Crippen LogP contribution is 2.15. The Morgan fingerprint density at radius 3 is 2.50 bits per heavy atom. The molecule has 0 radical (unpaired) electrons. The third kappa shape index (κ3) is 3.55. The van der Waals surface area contributed by atoms with Gasteiger partial charge in [-0.05, 0) is 17.5 Å². The number of hydrogen-bond acceptors (Lipinski definition) is 3. The second-order valence-corrected chi connectivity index (χ2v) is 4.54. The van der Waals surface area contributed by atoms with Gasteiger partial charge in [-0.25, -0.2) is 4.79 Å². The van der Waals surface area contributed by atoms with Gasteiger partial charge in [0.2, 0.25) is 5.91 Å². The zero-order chi connectivity index (χ0) is 13.7. The van der Waals surface area contributed by atoms with Gasteiger partial charge < -0.3 is 10.0 Å². The molecule has 1 unspecified atom stereocenters. The molecule has 1 atom stereocenters. The summed E-state index contributed by atoms with van der Waals surface area (Å²) in [7, 11) is 0. The highest BCUT2D eigenvalue weighted by Gasteiger charge is 2.30. The molecule has 1 amide bonds. The normalized spacial score (nSPS) is 12.2. The van der Waals surface area contributed by atoms with E-state index in [0.29, 0.717) is 0 Å². The van der Waals surface area contributed by atoms with Gasteiger partial charge in [0, 0.05) is 25.9 Å². The molecule has 0 aliphatic rings. The molecule has 5 heteroatoms. The van der Waals surface area contributed by atoms with Crippen molar-refractivity contribution in [3.63, 3.8) is 0 Å². The van der Waals surface area contributed by atoms with E-state index in [1.54, 1.807) is 32.3 Å². The minimum atomic E-state index is -0.982. The van der Waals surface area contributed by atoms with Gasteiger partial charge in [-0.1, -0.05) is 19.9 Å². The van der Waals surface area contributed by atoms with Gasteiger partial charge in [0.05, 0.1) is 0 Å². The molecule has 1 aromatic rings. The van der Waals surface area contributed by atoms with Crippen molar-refractivity contribution >= 4 is 11.9 Å². The summed E-state index contributed by atoms with van der Waals surface area (Å²) < 4.78 is 0. The Kier molecular flexibility index (Phi) is 4.83. The number of pyridine rings is 1. The van der Waals surface area contributed by atoms with Crippen LogP contribution in [0.3, 0.4) is 0 Å². The van der Waals surface area contributed by atoms with Crippen molar-refractivity contribution in [3.05, 3.63) is 30.1 Å². The number of nitrogens with zero attached hydrogens (tertiary/aromatic N) is 2. The maximum absolute atomic E-state index is 11.6. The lowest BCUT2D eigenvalue weighted by Crippen LogP contribution is -2.46. The number of carbonyl (C=O) groups excluding carboxylic acids is 1. The van der Waals surface area contributed by atoms with E-state index in [0.717, 1.165) is 5.56 Å². The first-order valence-electron chi connectivity index (χ1n) is 5.82. The monoisotopic (exact) mass is 250 g/mol. The fourth-order valence-corrected chi connectivity index (χ4v) is 1.87. The molecule has 98 valence electrons. The minimum absolute atomic E-state index is 0.150. The Hall–Kier alpha value is -1.91. The Labute approximate surface area is 106 Å². The van der Waals surface area contributed by atoms with E-state index in [9.17, 15) is 14.7 Å². The van der Waals surface area contributed by atoms with Crippen LogP contribution in [-0.2, 0) is 16.1 Å². The average molecular weight is 250 g/mol. The molecule has 1 N–H and O–H groups in total. The molecule has 5 nitrogen and oxygen atoms in total. The van der Waals surface area contributed by atoms with Gasteiger partial charge in [0.25, 0.3) is 0 Å². The highest BCUT2D eigenvalue weighted by molar-refractivity contribution is 5.82. The van der Waals surface area contributed by atoms with E-state index in [-0.39, 0.29) is 18.4 Å². The second-order valence-electron chi connectivity index (χ2n) is 4.54. The molecule has 18 heavy (non-hydrogen) atoms. The van der Waals surface area contributed by atoms with E-state index in [1.807, 2.05) is 6.07 Å². The quantitative estimate of drug-likeness (QED) is 0.860. The summed E-state index contributed by atoms with van der Waals surface area (Å²) in [6.07, 6.45) is 3.27. The van der Waals surface area contributed by atoms with E-state index in [4.69, 9.17) is 0 Å². The maximum atomic E-state index is 11.6. The molecule has 1 heterocycles. The highest BCUT2D eigenvalue weighted by atomic mass is 16.4. The summed E-state index contributed by atoms with van der Waals surface area (Å²) >= 11 is 0. The summed E-state index contributed by atoms with van der Waals surface area (Å²) in [4.78, 5) is 28.2. The molecular weight excluding hydrogens is 232 g/mol. The fourth-order valence-electron chi connectivity index (χ4n) is 1.87. The smallest absolute Gasteiger partial charge is 0.326 e. The van der Waals surface area contributed by atoms with Crippen LogP contribution in [0.5, 0.6) is 0 Å². The topological polar surface area (TPSA) is 70.5 Å². The summed E-state index contributed by atoms with van der Waals surface area (Å²) in [5.74, 6) is -1.38. The van der Waals surface area contributed by atoms with Crippen LogP contribution in [0, 0.1) is 5.92 Å². The van der Waals surface area contributed by atoms with Crippen molar-refractivity contribution in [1.82, 2.24) is 9.88 Å². The molecule has 1 rings (SSSR count). The summed E-state index contributed by atoms with van der Waals surface area (Å²) in [5.41, 5.74) is 0.819. The predicted octanol–water partition coefficient (Wildman–Crippen LogP) is 1.54. The summed E-state index contributed by atoms with van der Waals surface area (Å²) in [6.45, 7) is 5.23. The molecule has 0 aromatic carbocycles. The van der Waals surface area contributed by atoms with Crippen LogP contribution >= 0.6 is 0 Å². The number of aliphatic carboxylic acids is 1. The second kappa shape index (κ2) is 6.14. The number of carboxylic acid groups (broad SMARTS) is 1. The van der Waals surface area contributed by atoms with Crippen LogP contribution in [0.2, 0.25) is 0 Å². The Morgan fingerprint density at radius 2 is 2.11 bits per heavy atom. The third-order valence-corrected chi connectivity index (χ3v) is 2.70. The Balaban J connectivity index is 2.95. The number of hydrogen-bond donors (Lipinski definition) is 1. The van der Waals surface area contributed by atoms with Gasteiger partial charge in [0.1, 0.15) is 6.04 Å². The zero-order valence-electron chi connectivity index (χ0n) is 10.8. The predicted molar refractivity (Wildman–Crippen MR) is 66.7 cm³/mol. The van der Waals surface area contributed by atoms with Crippen molar-refractivity contribution in [2.45, 2.75) is 33.4 Å². The van der Waals surface area contributed by atoms with E-state index in [1.165, 1.54) is 11.8 Å². The van der Waals surface area contributed by atoms with Crippen LogP contribution in [0.25, 0.3) is 0 Å². The van der Waals surface area contributed by atoms with Crippen molar-refractivity contribution in [2.75, 3.05) is 0 Å². The van der Waals surface area contributed by atoms with Crippen molar-refractivity contribution in [3.8, 4) is 0 Å². The molecule has 0 aliphatic heterocycles. The molecule has 0 saturated carbocycles. The summed E-state index contributed by atoms with van der Waals surface area (Å²) in [6, 6.07) is 2.77. The zero-order valence-corrected chi connectivity index (χ0v) is 10.8. The van der Waals surface area contributed by atoms with Crippen molar-refractivity contribution < 1.29 is 14.7 Å². The third-order valence-electron chi connectivity index (χ3n) is 2.70. The first-order valence-corrected chi connectivity index (χ1v) is 5.82. The lowest BCUT2D eigenvalue weighted by Gasteiger charge is -2.30. The Bertz CT molecular complexity index is 418. The van der Waals surface area contributed by atoms with Crippen LogP contribution < -0.4 is 0 Å². The number of rotatable bonds is 5.